The van der Waals surface area contributed by atoms with Crippen molar-refractivity contribution in [1.29, 1.82) is 0 Å². The van der Waals surface area contributed by atoms with E-state index in [4.69, 9.17) is 0 Å². The van der Waals surface area contributed by atoms with Crippen LogP contribution in [0.5, 0.6) is 0 Å². The van der Waals surface area contributed by atoms with E-state index in [1.54, 1.807) is 22.7 Å². The van der Waals surface area contributed by atoms with Gasteiger partial charge >= 0.3 is 0 Å². The lowest BCUT2D eigenvalue weighted by Crippen LogP contribution is -2.12. The second-order valence-corrected chi connectivity index (χ2v) is 5.02. The molecule has 0 fully saturated rings. The highest BCUT2D eigenvalue weighted by Gasteiger charge is 1.97. The Morgan fingerprint density at radius 1 is 1.44 bits per heavy atom. The van der Waals surface area contributed by atoms with Crippen molar-refractivity contribution in [3.8, 4) is 0 Å². The molecular formula is C11H13N3S2. The highest BCUT2D eigenvalue weighted by atomic mass is 32.1. The fourth-order valence-electron chi connectivity index (χ4n) is 1.25. The van der Waals surface area contributed by atoms with Gasteiger partial charge in [0.2, 0.25) is 4.80 Å². The molecule has 2 heterocycles. The average molecular weight is 251 g/mol. The number of hydrogen-bond acceptors (Lipinski definition) is 4. The summed E-state index contributed by atoms with van der Waals surface area (Å²) in [4.78, 5) is 6.50. The molecule has 0 N–H and O–H groups in total. The molecule has 0 unspecified atom stereocenters. The van der Waals surface area contributed by atoms with Gasteiger partial charge in [0.1, 0.15) is 0 Å². The Morgan fingerprint density at radius 3 is 3.00 bits per heavy atom. The number of rotatable bonds is 3. The maximum atomic E-state index is 4.45. The Morgan fingerprint density at radius 2 is 2.31 bits per heavy atom. The summed E-state index contributed by atoms with van der Waals surface area (Å²) >= 11 is 3.30. The van der Waals surface area contributed by atoms with E-state index in [0.29, 0.717) is 0 Å². The van der Waals surface area contributed by atoms with Crippen molar-refractivity contribution in [2.75, 3.05) is 6.54 Å². The third-order valence-electron chi connectivity index (χ3n) is 1.99. The molecule has 2 rings (SSSR count). The van der Waals surface area contributed by atoms with Crippen LogP contribution in [0.2, 0.25) is 0 Å². The molecule has 0 aliphatic carbocycles. The number of hydrogen-bond donors (Lipinski definition) is 0. The van der Waals surface area contributed by atoms with Gasteiger partial charge in [-0.1, -0.05) is 6.07 Å². The molecule has 84 valence electrons. The van der Waals surface area contributed by atoms with E-state index in [9.17, 15) is 0 Å². The van der Waals surface area contributed by atoms with Gasteiger partial charge in [0.15, 0.2) is 0 Å². The maximum absolute atomic E-state index is 4.45. The second-order valence-electron chi connectivity index (χ2n) is 3.21. The topological polar surface area (TPSA) is 29.6 Å². The highest BCUT2D eigenvalue weighted by molar-refractivity contribution is 7.11. The molecule has 3 nitrogen and oxygen atoms in total. The van der Waals surface area contributed by atoms with E-state index in [1.165, 1.54) is 0 Å². The number of thiophene rings is 1. The van der Waals surface area contributed by atoms with Gasteiger partial charge in [-0.2, -0.15) is 5.10 Å². The number of thiazole rings is 1. The van der Waals surface area contributed by atoms with Crippen LogP contribution in [0.15, 0.2) is 33.0 Å². The van der Waals surface area contributed by atoms with E-state index in [-0.39, 0.29) is 0 Å². The quantitative estimate of drug-likeness (QED) is 0.751. The van der Waals surface area contributed by atoms with Crippen LogP contribution in [-0.4, -0.2) is 17.4 Å². The number of aromatic nitrogens is 1. The first kappa shape index (κ1) is 11.3. The zero-order valence-electron chi connectivity index (χ0n) is 9.25. The lowest BCUT2D eigenvalue weighted by Gasteiger charge is -1.95. The minimum atomic E-state index is 0.786. The normalized spacial score (nSPS) is 12.8. The van der Waals surface area contributed by atoms with E-state index in [0.717, 1.165) is 21.9 Å². The van der Waals surface area contributed by atoms with Crippen LogP contribution in [0.1, 0.15) is 17.5 Å². The molecule has 0 aliphatic rings. The zero-order valence-corrected chi connectivity index (χ0v) is 10.9. The average Bonchev–Trinajstić information content (AvgIpc) is 2.88. The molecule has 0 aliphatic heterocycles. The molecule has 5 heteroatoms. The van der Waals surface area contributed by atoms with Gasteiger partial charge in [-0.05, 0) is 25.3 Å². The molecule has 0 spiro atoms. The summed E-state index contributed by atoms with van der Waals surface area (Å²) in [5.41, 5.74) is 1.12. The summed E-state index contributed by atoms with van der Waals surface area (Å²) < 4.78 is 1.88. The summed E-state index contributed by atoms with van der Waals surface area (Å²) in [6, 6.07) is 4.07. The van der Waals surface area contributed by atoms with Crippen molar-refractivity contribution in [1.82, 2.24) is 4.68 Å². The molecule has 16 heavy (non-hydrogen) atoms. The Labute approximate surface area is 102 Å². The smallest absolute Gasteiger partial charge is 0.205 e. The third-order valence-corrected chi connectivity index (χ3v) is 3.77. The second kappa shape index (κ2) is 5.23. The SMILES string of the molecule is CCN=c1scc(C)n1N=Cc1cccs1. The summed E-state index contributed by atoms with van der Waals surface area (Å²) in [5.74, 6) is 0. The Bertz CT molecular complexity index is 532. The minimum Gasteiger partial charge on any atom is -0.258 e. The highest BCUT2D eigenvalue weighted by Crippen LogP contribution is 2.05. The summed E-state index contributed by atoms with van der Waals surface area (Å²) in [5, 5.41) is 8.56. The molecule has 0 radical (unpaired) electrons. The molecule has 2 aromatic rings. The van der Waals surface area contributed by atoms with Crippen LogP contribution in [0.3, 0.4) is 0 Å². The van der Waals surface area contributed by atoms with Gasteiger partial charge < -0.3 is 0 Å². The first-order valence-corrected chi connectivity index (χ1v) is 6.82. The van der Waals surface area contributed by atoms with E-state index in [2.05, 4.69) is 15.5 Å². The van der Waals surface area contributed by atoms with E-state index in [1.807, 2.05) is 42.3 Å². The fraction of sp³-hybridized carbons (Fsp3) is 0.273. The Hall–Kier alpha value is -1.20. The van der Waals surface area contributed by atoms with Crippen molar-refractivity contribution < 1.29 is 0 Å². The summed E-state index contributed by atoms with van der Waals surface area (Å²) in [6.07, 6.45) is 1.87. The van der Waals surface area contributed by atoms with Gasteiger partial charge in [-0.3, -0.25) is 4.99 Å². The van der Waals surface area contributed by atoms with Crippen LogP contribution in [0, 0.1) is 6.92 Å². The lowest BCUT2D eigenvalue weighted by molar-refractivity contribution is 0.794. The zero-order chi connectivity index (χ0) is 11.4. The molecule has 0 bridgehead atoms. The van der Waals surface area contributed by atoms with Gasteiger partial charge in [-0.15, -0.1) is 22.7 Å². The summed E-state index contributed by atoms with van der Waals surface area (Å²) in [6.45, 7) is 4.85. The molecule has 0 amide bonds. The van der Waals surface area contributed by atoms with Crippen molar-refractivity contribution in [3.63, 3.8) is 0 Å². The lowest BCUT2D eigenvalue weighted by atomic mass is 10.5. The predicted molar refractivity (Wildman–Crippen MR) is 70.5 cm³/mol. The van der Waals surface area contributed by atoms with Gasteiger partial charge in [0.05, 0.1) is 11.9 Å². The molecule has 0 atom stereocenters. The molecule has 0 saturated heterocycles. The Balaban J connectivity index is 2.34. The first-order valence-electron chi connectivity index (χ1n) is 5.06. The minimum absolute atomic E-state index is 0.786. The van der Waals surface area contributed by atoms with Crippen molar-refractivity contribution in [2.45, 2.75) is 13.8 Å². The predicted octanol–water partition coefficient (Wildman–Crippen LogP) is 2.72. The van der Waals surface area contributed by atoms with Crippen LogP contribution in [-0.2, 0) is 0 Å². The van der Waals surface area contributed by atoms with Crippen LogP contribution in [0.25, 0.3) is 0 Å². The Kier molecular flexibility index (Phi) is 3.69. The largest absolute Gasteiger partial charge is 0.258 e. The monoisotopic (exact) mass is 251 g/mol. The fourth-order valence-corrected chi connectivity index (χ4v) is 2.70. The van der Waals surface area contributed by atoms with E-state index >= 15 is 0 Å². The van der Waals surface area contributed by atoms with Gasteiger partial charge in [-0.25, -0.2) is 4.68 Å². The summed E-state index contributed by atoms with van der Waals surface area (Å²) in [7, 11) is 0. The van der Waals surface area contributed by atoms with Gasteiger partial charge in [0.25, 0.3) is 0 Å². The molecule has 0 saturated carbocycles. The van der Waals surface area contributed by atoms with Crippen molar-refractivity contribution >= 4 is 28.9 Å². The van der Waals surface area contributed by atoms with Crippen LogP contribution < -0.4 is 4.80 Å². The molecule has 2 aromatic heterocycles. The number of nitrogens with zero attached hydrogens (tertiary/aromatic N) is 3. The number of aryl methyl sites for hydroxylation is 1. The first-order chi connectivity index (χ1) is 7.81. The third kappa shape index (κ3) is 2.48. The van der Waals surface area contributed by atoms with E-state index < -0.39 is 0 Å². The van der Waals surface area contributed by atoms with Crippen molar-refractivity contribution in [3.05, 3.63) is 38.3 Å². The maximum Gasteiger partial charge on any atom is 0.205 e. The standard InChI is InChI=1S/C11H13N3S2/c1-3-12-11-14(9(2)8-16-11)13-7-10-5-4-6-15-10/h4-8H,3H2,1-2H3. The van der Waals surface area contributed by atoms with Crippen LogP contribution >= 0.6 is 22.7 Å². The van der Waals surface area contributed by atoms with Crippen molar-refractivity contribution in [2.24, 2.45) is 10.1 Å². The molecular weight excluding hydrogens is 238 g/mol. The van der Waals surface area contributed by atoms with Gasteiger partial charge in [0, 0.05) is 16.8 Å². The van der Waals surface area contributed by atoms with Crippen LogP contribution in [0.4, 0.5) is 0 Å². The molecule has 0 aromatic carbocycles.